The monoisotopic (exact) mass is 348 g/mol. The average molecular weight is 348 g/mol. The van der Waals surface area contributed by atoms with Crippen LogP contribution in [0.5, 0.6) is 5.75 Å². The molecule has 0 aliphatic rings. The molecular formula is C17H20N2O4S. The van der Waals surface area contributed by atoms with Crippen LogP contribution in [0.2, 0.25) is 0 Å². The second kappa shape index (κ2) is 7.46. The predicted molar refractivity (Wildman–Crippen MR) is 92.7 cm³/mol. The second-order valence-corrected chi connectivity index (χ2v) is 7.19. The number of ether oxygens (including phenoxy) is 1. The zero-order chi connectivity index (χ0) is 17.7. The van der Waals surface area contributed by atoms with Gasteiger partial charge < -0.3 is 10.1 Å². The van der Waals surface area contributed by atoms with E-state index in [9.17, 15) is 13.2 Å². The molecule has 2 N–H and O–H groups in total. The van der Waals surface area contributed by atoms with Gasteiger partial charge in [-0.15, -0.1) is 0 Å². The first-order chi connectivity index (χ1) is 11.3. The van der Waals surface area contributed by atoms with Gasteiger partial charge in [-0.3, -0.25) is 4.79 Å². The lowest BCUT2D eigenvalue weighted by Crippen LogP contribution is -2.22. The van der Waals surface area contributed by atoms with Crippen molar-refractivity contribution in [2.24, 2.45) is 0 Å². The number of amides is 1. The standard InChI is InChI=1S/C17H20N2O4S/c1-12-4-8-15(9-5-12)23-11-17(20)19-14-7-6-13(2)16(10-14)24(21,22)18-3/h4-10,18H,11H2,1-3H3,(H,19,20). The number of benzene rings is 2. The van der Waals surface area contributed by atoms with Gasteiger partial charge in [0, 0.05) is 5.69 Å². The van der Waals surface area contributed by atoms with Gasteiger partial charge in [-0.2, -0.15) is 0 Å². The van der Waals surface area contributed by atoms with Crippen LogP contribution in [-0.4, -0.2) is 28.0 Å². The summed E-state index contributed by atoms with van der Waals surface area (Å²) >= 11 is 0. The van der Waals surface area contributed by atoms with Crippen LogP contribution in [0.15, 0.2) is 47.4 Å². The summed E-state index contributed by atoms with van der Waals surface area (Å²) in [4.78, 5) is 12.1. The Labute approximate surface area is 141 Å². The molecule has 0 spiro atoms. The fourth-order valence-electron chi connectivity index (χ4n) is 2.06. The Kier molecular flexibility index (Phi) is 5.58. The number of hydrogen-bond donors (Lipinski definition) is 2. The van der Waals surface area contributed by atoms with E-state index in [2.05, 4.69) is 10.0 Å². The van der Waals surface area contributed by atoms with E-state index in [0.29, 0.717) is 17.0 Å². The van der Waals surface area contributed by atoms with Crippen LogP contribution in [0, 0.1) is 13.8 Å². The number of hydrogen-bond acceptors (Lipinski definition) is 4. The van der Waals surface area contributed by atoms with Crippen molar-refractivity contribution in [1.82, 2.24) is 4.72 Å². The van der Waals surface area contributed by atoms with Gasteiger partial charge in [-0.1, -0.05) is 23.8 Å². The molecule has 1 amide bonds. The van der Waals surface area contributed by atoms with Crippen LogP contribution in [0.25, 0.3) is 0 Å². The molecule has 0 aliphatic heterocycles. The van der Waals surface area contributed by atoms with E-state index in [1.54, 1.807) is 31.2 Å². The molecule has 24 heavy (non-hydrogen) atoms. The number of rotatable bonds is 6. The van der Waals surface area contributed by atoms with Crippen molar-refractivity contribution in [3.63, 3.8) is 0 Å². The lowest BCUT2D eigenvalue weighted by atomic mass is 10.2. The van der Waals surface area contributed by atoms with Crippen LogP contribution >= 0.6 is 0 Å². The van der Waals surface area contributed by atoms with Gasteiger partial charge in [0.15, 0.2) is 6.61 Å². The number of carbonyl (C=O) groups excluding carboxylic acids is 1. The molecule has 0 fully saturated rings. The van der Waals surface area contributed by atoms with Crippen molar-refractivity contribution >= 4 is 21.6 Å². The summed E-state index contributed by atoms with van der Waals surface area (Å²) in [6.45, 7) is 3.49. The van der Waals surface area contributed by atoms with Crippen molar-refractivity contribution in [3.05, 3.63) is 53.6 Å². The fourth-order valence-corrected chi connectivity index (χ4v) is 3.05. The SMILES string of the molecule is CNS(=O)(=O)c1cc(NC(=O)COc2ccc(C)cc2)ccc1C. The van der Waals surface area contributed by atoms with Crippen LogP contribution in [0.3, 0.4) is 0 Å². The summed E-state index contributed by atoms with van der Waals surface area (Å²) in [7, 11) is -2.24. The van der Waals surface area contributed by atoms with Gasteiger partial charge in [0.05, 0.1) is 4.90 Å². The van der Waals surface area contributed by atoms with E-state index in [-0.39, 0.29) is 17.4 Å². The summed E-state index contributed by atoms with van der Waals surface area (Å²) in [6, 6.07) is 12.1. The highest BCUT2D eigenvalue weighted by Gasteiger charge is 2.15. The van der Waals surface area contributed by atoms with Gasteiger partial charge in [-0.05, 0) is 50.7 Å². The first kappa shape index (κ1) is 18.0. The average Bonchev–Trinajstić information content (AvgIpc) is 2.56. The quantitative estimate of drug-likeness (QED) is 0.838. The number of anilines is 1. The summed E-state index contributed by atoms with van der Waals surface area (Å²) in [5.74, 6) is 0.227. The third kappa shape index (κ3) is 4.56. The molecule has 0 aromatic heterocycles. The molecule has 2 rings (SSSR count). The van der Waals surface area contributed by atoms with Gasteiger partial charge in [0.25, 0.3) is 5.91 Å². The Hall–Kier alpha value is -2.38. The highest BCUT2D eigenvalue weighted by molar-refractivity contribution is 7.89. The summed E-state index contributed by atoms with van der Waals surface area (Å²) in [6.07, 6.45) is 0. The molecule has 128 valence electrons. The summed E-state index contributed by atoms with van der Waals surface area (Å²) < 4.78 is 31.6. The summed E-state index contributed by atoms with van der Waals surface area (Å²) in [5.41, 5.74) is 2.09. The Bertz CT molecular complexity index is 830. The minimum Gasteiger partial charge on any atom is -0.484 e. The van der Waals surface area contributed by atoms with Crippen molar-refractivity contribution in [2.45, 2.75) is 18.7 Å². The van der Waals surface area contributed by atoms with Crippen molar-refractivity contribution in [1.29, 1.82) is 0 Å². The zero-order valence-corrected chi connectivity index (χ0v) is 14.6. The lowest BCUT2D eigenvalue weighted by Gasteiger charge is -2.11. The molecular weight excluding hydrogens is 328 g/mol. The molecule has 0 aliphatic carbocycles. The Balaban J connectivity index is 2.04. The zero-order valence-electron chi connectivity index (χ0n) is 13.8. The van der Waals surface area contributed by atoms with Crippen LogP contribution in [0.4, 0.5) is 5.69 Å². The fraction of sp³-hybridized carbons (Fsp3) is 0.235. The Morgan fingerprint density at radius 1 is 1.08 bits per heavy atom. The van der Waals surface area contributed by atoms with Crippen molar-refractivity contribution < 1.29 is 17.9 Å². The van der Waals surface area contributed by atoms with Gasteiger partial charge in [0.1, 0.15) is 5.75 Å². The van der Waals surface area contributed by atoms with E-state index >= 15 is 0 Å². The van der Waals surface area contributed by atoms with Crippen LogP contribution < -0.4 is 14.8 Å². The topological polar surface area (TPSA) is 84.5 Å². The van der Waals surface area contributed by atoms with Gasteiger partial charge in [0.2, 0.25) is 10.0 Å². The Morgan fingerprint density at radius 3 is 2.38 bits per heavy atom. The second-order valence-electron chi connectivity index (χ2n) is 5.34. The van der Waals surface area contributed by atoms with E-state index in [1.165, 1.54) is 13.1 Å². The number of carbonyl (C=O) groups is 1. The summed E-state index contributed by atoms with van der Waals surface area (Å²) in [5, 5.41) is 2.63. The highest BCUT2D eigenvalue weighted by Crippen LogP contribution is 2.20. The third-order valence-corrected chi connectivity index (χ3v) is 4.98. The van der Waals surface area contributed by atoms with E-state index in [1.807, 2.05) is 19.1 Å². The molecule has 0 unspecified atom stereocenters. The van der Waals surface area contributed by atoms with E-state index in [0.717, 1.165) is 5.56 Å². The molecule has 0 heterocycles. The highest BCUT2D eigenvalue weighted by atomic mass is 32.2. The smallest absolute Gasteiger partial charge is 0.262 e. The van der Waals surface area contributed by atoms with E-state index in [4.69, 9.17) is 4.74 Å². The van der Waals surface area contributed by atoms with Crippen molar-refractivity contribution in [3.8, 4) is 5.75 Å². The third-order valence-electron chi connectivity index (χ3n) is 3.42. The minimum atomic E-state index is -3.58. The first-order valence-corrected chi connectivity index (χ1v) is 8.83. The first-order valence-electron chi connectivity index (χ1n) is 7.35. The lowest BCUT2D eigenvalue weighted by molar-refractivity contribution is -0.118. The molecule has 2 aromatic carbocycles. The largest absolute Gasteiger partial charge is 0.484 e. The normalized spacial score (nSPS) is 11.1. The molecule has 0 saturated carbocycles. The van der Waals surface area contributed by atoms with E-state index < -0.39 is 10.0 Å². The number of sulfonamides is 1. The van der Waals surface area contributed by atoms with Crippen molar-refractivity contribution in [2.75, 3.05) is 19.0 Å². The molecule has 0 saturated heterocycles. The molecule has 7 heteroatoms. The molecule has 6 nitrogen and oxygen atoms in total. The Morgan fingerprint density at radius 2 is 1.75 bits per heavy atom. The number of nitrogens with one attached hydrogen (secondary N) is 2. The maximum atomic E-state index is 12.0. The molecule has 0 atom stereocenters. The molecule has 0 radical (unpaired) electrons. The van der Waals surface area contributed by atoms with Crippen LogP contribution in [0.1, 0.15) is 11.1 Å². The molecule has 2 aromatic rings. The minimum absolute atomic E-state index is 0.127. The van der Waals surface area contributed by atoms with Gasteiger partial charge >= 0.3 is 0 Å². The maximum absolute atomic E-state index is 12.0. The molecule has 0 bridgehead atoms. The maximum Gasteiger partial charge on any atom is 0.262 e. The predicted octanol–water partition coefficient (Wildman–Crippen LogP) is 2.23. The van der Waals surface area contributed by atoms with Gasteiger partial charge in [-0.25, -0.2) is 13.1 Å². The number of aryl methyl sites for hydroxylation is 2. The van der Waals surface area contributed by atoms with Crippen LogP contribution in [-0.2, 0) is 14.8 Å².